The summed E-state index contributed by atoms with van der Waals surface area (Å²) in [7, 11) is 0. The summed E-state index contributed by atoms with van der Waals surface area (Å²) in [5.74, 6) is -0.359. The monoisotopic (exact) mass is 346 g/mol. The molecule has 0 amide bonds. The Hall–Kier alpha value is -3.09. The Morgan fingerprint density at radius 2 is 1.84 bits per heavy atom. The average molecular weight is 346 g/mol. The molecule has 0 bridgehead atoms. The number of halogens is 3. The van der Waals surface area contributed by atoms with Crippen LogP contribution >= 0.6 is 0 Å². The van der Waals surface area contributed by atoms with Gasteiger partial charge in [0, 0.05) is 23.9 Å². The summed E-state index contributed by atoms with van der Waals surface area (Å²) in [6.07, 6.45) is -4.47. The summed E-state index contributed by atoms with van der Waals surface area (Å²) < 4.78 is 44.0. The molecule has 128 valence electrons. The van der Waals surface area contributed by atoms with Crippen LogP contribution in [-0.2, 0) is 11.0 Å². The molecule has 1 heterocycles. The third-order valence-corrected chi connectivity index (χ3v) is 3.57. The topological polar surface area (TPSA) is 65.2 Å². The molecule has 0 aliphatic rings. The number of carbonyl (C=O) groups excluding carboxylic acids is 1. The van der Waals surface area contributed by atoms with Gasteiger partial charge in [-0.25, -0.2) is 4.98 Å². The highest BCUT2D eigenvalue weighted by molar-refractivity contribution is 5.96. The van der Waals surface area contributed by atoms with Crippen molar-refractivity contribution in [1.82, 2.24) is 4.98 Å². The van der Waals surface area contributed by atoms with E-state index in [-0.39, 0.29) is 17.0 Å². The highest BCUT2D eigenvalue weighted by atomic mass is 19.4. The maximum Gasteiger partial charge on any atom is 0.416 e. The zero-order valence-electron chi connectivity index (χ0n) is 13.1. The van der Waals surface area contributed by atoms with E-state index in [0.717, 1.165) is 12.1 Å². The van der Waals surface area contributed by atoms with Gasteiger partial charge < -0.3 is 10.5 Å². The quantitative estimate of drug-likeness (QED) is 0.551. The van der Waals surface area contributed by atoms with Crippen LogP contribution < -0.4 is 10.5 Å². The van der Waals surface area contributed by atoms with E-state index in [2.05, 4.69) is 4.98 Å². The lowest BCUT2D eigenvalue weighted by molar-refractivity contribution is -0.137. The lowest BCUT2D eigenvalue weighted by Crippen LogP contribution is -2.05. The second-order valence-electron chi connectivity index (χ2n) is 5.42. The summed E-state index contributed by atoms with van der Waals surface area (Å²) in [5, 5.41) is 0.505. The molecular weight excluding hydrogens is 333 g/mol. The van der Waals surface area contributed by atoms with Crippen LogP contribution in [0.15, 0.2) is 48.5 Å². The number of rotatable bonds is 2. The molecule has 4 nitrogen and oxygen atoms in total. The molecule has 1 aromatic heterocycles. The molecule has 2 aromatic carbocycles. The minimum absolute atomic E-state index is 0.192. The molecular formula is C18H13F3N2O2. The Morgan fingerprint density at radius 1 is 1.12 bits per heavy atom. The number of nitrogens with zero attached hydrogens (tertiary/aromatic N) is 1. The molecule has 0 spiro atoms. The summed E-state index contributed by atoms with van der Waals surface area (Å²) in [5.41, 5.74) is 6.29. The fourth-order valence-corrected chi connectivity index (χ4v) is 2.48. The van der Waals surface area contributed by atoms with Crippen LogP contribution in [0.5, 0.6) is 5.75 Å². The van der Waals surface area contributed by atoms with Crippen molar-refractivity contribution in [1.29, 1.82) is 0 Å². The van der Waals surface area contributed by atoms with E-state index in [1.807, 2.05) is 0 Å². The molecule has 0 aliphatic heterocycles. The zero-order valence-corrected chi connectivity index (χ0v) is 13.1. The number of esters is 1. The number of pyridine rings is 1. The van der Waals surface area contributed by atoms with Crippen LogP contribution in [0.1, 0.15) is 12.5 Å². The van der Waals surface area contributed by atoms with Gasteiger partial charge in [0.25, 0.3) is 0 Å². The molecule has 0 atom stereocenters. The first kappa shape index (κ1) is 16.8. The van der Waals surface area contributed by atoms with Gasteiger partial charge in [0.2, 0.25) is 0 Å². The predicted octanol–water partition coefficient (Wildman–Crippen LogP) is 4.43. The fraction of sp³-hybridized carbons (Fsp3) is 0.111. The molecule has 0 saturated heterocycles. The van der Waals surface area contributed by atoms with E-state index in [9.17, 15) is 18.0 Å². The van der Waals surface area contributed by atoms with Crippen LogP contribution in [0, 0.1) is 0 Å². The summed E-state index contributed by atoms with van der Waals surface area (Å²) >= 11 is 0. The number of nitrogen functional groups attached to an aromatic ring is 1. The first-order valence-electron chi connectivity index (χ1n) is 7.31. The van der Waals surface area contributed by atoms with Crippen LogP contribution in [-0.4, -0.2) is 11.0 Å². The summed E-state index contributed by atoms with van der Waals surface area (Å²) in [6, 6.07) is 11.2. The standard InChI is InChI=1S/C18H13F3N2O2/c1-10(24)25-16-9-15(23-17-13(16)6-3-7-14(17)22)11-4-2-5-12(8-11)18(19,20)21/h2-9H,22H2,1H3. The van der Waals surface area contributed by atoms with Crippen molar-refractivity contribution in [2.24, 2.45) is 0 Å². The lowest BCUT2D eigenvalue weighted by atomic mass is 10.0. The van der Waals surface area contributed by atoms with Crippen molar-refractivity contribution >= 4 is 22.6 Å². The Balaban J connectivity index is 2.23. The van der Waals surface area contributed by atoms with E-state index >= 15 is 0 Å². The van der Waals surface area contributed by atoms with E-state index in [1.165, 1.54) is 25.1 Å². The van der Waals surface area contributed by atoms with E-state index in [4.69, 9.17) is 10.5 Å². The normalized spacial score (nSPS) is 11.5. The number of fused-ring (bicyclic) bond motifs is 1. The molecule has 25 heavy (non-hydrogen) atoms. The number of para-hydroxylation sites is 1. The number of hydrogen-bond donors (Lipinski definition) is 1. The SMILES string of the molecule is CC(=O)Oc1cc(-c2cccc(C(F)(F)F)c2)nc2c(N)cccc12. The maximum absolute atomic E-state index is 12.9. The van der Waals surface area contributed by atoms with Gasteiger partial charge in [0.1, 0.15) is 5.75 Å². The molecule has 0 fully saturated rings. The van der Waals surface area contributed by atoms with Gasteiger partial charge in [0.05, 0.1) is 22.5 Å². The van der Waals surface area contributed by atoms with Crippen molar-refractivity contribution in [3.05, 3.63) is 54.1 Å². The van der Waals surface area contributed by atoms with Crippen molar-refractivity contribution in [3.8, 4) is 17.0 Å². The van der Waals surface area contributed by atoms with E-state index in [1.54, 1.807) is 18.2 Å². The van der Waals surface area contributed by atoms with Crippen molar-refractivity contribution in [3.63, 3.8) is 0 Å². The summed E-state index contributed by atoms with van der Waals surface area (Å²) in [4.78, 5) is 15.7. The van der Waals surface area contributed by atoms with Crippen LogP contribution in [0.25, 0.3) is 22.2 Å². The van der Waals surface area contributed by atoms with Gasteiger partial charge in [-0.2, -0.15) is 13.2 Å². The Morgan fingerprint density at radius 3 is 2.52 bits per heavy atom. The van der Waals surface area contributed by atoms with Gasteiger partial charge >= 0.3 is 12.1 Å². The second-order valence-corrected chi connectivity index (χ2v) is 5.42. The van der Waals surface area contributed by atoms with Gasteiger partial charge in [-0.05, 0) is 24.3 Å². The lowest BCUT2D eigenvalue weighted by Gasteiger charge is -2.12. The Labute approximate surface area is 141 Å². The number of hydrogen-bond acceptors (Lipinski definition) is 4. The van der Waals surface area contributed by atoms with Crippen molar-refractivity contribution < 1.29 is 22.7 Å². The molecule has 7 heteroatoms. The van der Waals surface area contributed by atoms with Crippen molar-refractivity contribution in [2.75, 3.05) is 5.73 Å². The molecule has 3 rings (SSSR count). The minimum Gasteiger partial charge on any atom is -0.426 e. The third-order valence-electron chi connectivity index (χ3n) is 3.57. The van der Waals surface area contributed by atoms with Gasteiger partial charge in [-0.1, -0.05) is 18.2 Å². The molecule has 0 saturated carbocycles. The number of aromatic nitrogens is 1. The molecule has 0 radical (unpaired) electrons. The van der Waals surface area contributed by atoms with Crippen LogP contribution in [0.2, 0.25) is 0 Å². The van der Waals surface area contributed by atoms with Gasteiger partial charge in [-0.15, -0.1) is 0 Å². The number of carbonyl (C=O) groups is 1. The maximum atomic E-state index is 12.9. The molecule has 3 aromatic rings. The number of nitrogens with two attached hydrogens (primary N) is 1. The van der Waals surface area contributed by atoms with E-state index < -0.39 is 17.7 Å². The summed E-state index contributed by atoms with van der Waals surface area (Å²) in [6.45, 7) is 1.24. The Bertz CT molecular complexity index is 968. The second kappa shape index (κ2) is 6.08. The molecule has 0 aliphatic carbocycles. The predicted molar refractivity (Wildman–Crippen MR) is 87.9 cm³/mol. The first-order chi connectivity index (χ1) is 11.8. The molecule has 0 unspecified atom stereocenters. The fourth-order valence-electron chi connectivity index (χ4n) is 2.48. The number of benzene rings is 2. The highest BCUT2D eigenvalue weighted by Gasteiger charge is 2.30. The van der Waals surface area contributed by atoms with Gasteiger partial charge in [0.15, 0.2) is 0 Å². The molecule has 2 N–H and O–H groups in total. The minimum atomic E-state index is -4.47. The van der Waals surface area contributed by atoms with Crippen molar-refractivity contribution in [2.45, 2.75) is 13.1 Å². The van der Waals surface area contributed by atoms with E-state index in [0.29, 0.717) is 16.6 Å². The van der Waals surface area contributed by atoms with Crippen LogP contribution in [0.4, 0.5) is 18.9 Å². The van der Waals surface area contributed by atoms with Gasteiger partial charge in [-0.3, -0.25) is 4.79 Å². The average Bonchev–Trinajstić information content (AvgIpc) is 2.54. The zero-order chi connectivity index (χ0) is 18.2. The third kappa shape index (κ3) is 3.40. The first-order valence-corrected chi connectivity index (χ1v) is 7.31. The largest absolute Gasteiger partial charge is 0.426 e. The highest BCUT2D eigenvalue weighted by Crippen LogP contribution is 2.35. The van der Waals surface area contributed by atoms with Crippen LogP contribution in [0.3, 0.4) is 0 Å². The number of anilines is 1. The smallest absolute Gasteiger partial charge is 0.416 e. The number of alkyl halides is 3. The Kier molecular flexibility index (Phi) is 4.08. The number of ether oxygens (including phenoxy) is 1.